The minimum atomic E-state index is -0.313. The van der Waals surface area contributed by atoms with Gasteiger partial charge in [0.25, 0.3) is 5.91 Å². The monoisotopic (exact) mass is 432 g/mol. The first-order valence-corrected chi connectivity index (χ1v) is 10.7. The number of nitrogens with zero attached hydrogens (tertiary/aromatic N) is 4. The van der Waals surface area contributed by atoms with Gasteiger partial charge < -0.3 is 25.6 Å². The van der Waals surface area contributed by atoms with E-state index in [0.29, 0.717) is 18.8 Å². The van der Waals surface area contributed by atoms with Gasteiger partial charge in [0, 0.05) is 52.3 Å². The molecule has 1 aliphatic rings. The third-order valence-corrected chi connectivity index (χ3v) is 5.88. The quantitative estimate of drug-likeness (QED) is 0.611. The third-order valence-electron chi connectivity index (χ3n) is 4.93. The van der Waals surface area contributed by atoms with Gasteiger partial charge in [-0.25, -0.2) is 4.98 Å². The zero-order valence-corrected chi connectivity index (χ0v) is 18.2. The number of ether oxygens (including phenoxy) is 1. The van der Waals surface area contributed by atoms with Crippen molar-refractivity contribution in [1.29, 1.82) is 0 Å². The minimum Gasteiger partial charge on any atom is -0.383 e. The van der Waals surface area contributed by atoms with E-state index in [0.717, 1.165) is 42.7 Å². The second-order valence-electron chi connectivity index (χ2n) is 7.13. The highest BCUT2D eigenvalue weighted by atomic mass is 32.1. The van der Waals surface area contributed by atoms with Crippen molar-refractivity contribution in [3.8, 4) is 0 Å². The molecule has 3 N–H and O–H groups in total. The van der Waals surface area contributed by atoms with E-state index in [1.165, 1.54) is 11.3 Å². The lowest BCUT2D eigenvalue weighted by Gasteiger charge is -2.36. The number of hydrogen-bond donors (Lipinski definition) is 2. The fraction of sp³-hybridized carbons (Fsp3) is 0.450. The molecule has 30 heavy (non-hydrogen) atoms. The fourth-order valence-electron chi connectivity index (χ4n) is 3.28. The fourth-order valence-corrected chi connectivity index (χ4v) is 4.08. The molecule has 0 saturated carbocycles. The summed E-state index contributed by atoms with van der Waals surface area (Å²) < 4.78 is 5.09. The van der Waals surface area contributed by atoms with Crippen molar-refractivity contribution >= 4 is 39.7 Å². The zero-order valence-electron chi connectivity index (χ0n) is 17.3. The van der Waals surface area contributed by atoms with Crippen molar-refractivity contribution in [3.63, 3.8) is 0 Å². The number of methoxy groups -OCH3 is 1. The Kier molecular flexibility index (Phi) is 7.61. The van der Waals surface area contributed by atoms with E-state index < -0.39 is 0 Å². The van der Waals surface area contributed by atoms with Crippen LogP contribution in [0.4, 0.5) is 16.5 Å². The predicted octanol–water partition coefficient (Wildman–Crippen LogP) is 1.09. The molecule has 1 aromatic carbocycles. The lowest BCUT2D eigenvalue weighted by atomic mass is 10.2. The van der Waals surface area contributed by atoms with Crippen LogP contribution in [0, 0.1) is 0 Å². The Morgan fingerprint density at radius 3 is 2.70 bits per heavy atom. The van der Waals surface area contributed by atoms with E-state index in [4.69, 9.17) is 10.5 Å². The molecule has 0 unspecified atom stereocenters. The standard InChI is InChI=1S/C20H28N6O3S/c1-24(11-12-29-2)20-23-16(14-30-20)19(28)22-15-5-3-4-6-17(15)26-9-7-25(8-10-26)13-18(21)27/h3-6,14H,7-13H2,1-2H3,(H2,21,27)(H,22,28). The van der Waals surface area contributed by atoms with Crippen LogP contribution in [0.3, 0.4) is 0 Å². The van der Waals surface area contributed by atoms with E-state index in [1.807, 2.05) is 41.1 Å². The van der Waals surface area contributed by atoms with Crippen LogP contribution in [0.5, 0.6) is 0 Å². The number of benzene rings is 1. The molecule has 2 heterocycles. The van der Waals surface area contributed by atoms with Gasteiger partial charge in [-0.1, -0.05) is 12.1 Å². The number of carbonyl (C=O) groups is 2. The molecule has 1 fully saturated rings. The second kappa shape index (κ2) is 10.4. The Morgan fingerprint density at radius 1 is 1.27 bits per heavy atom. The number of hydrogen-bond acceptors (Lipinski definition) is 8. The van der Waals surface area contributed by atoms with Gasteiger partial charge in [-0.2, -0.15) is 0 Å². The smallest absolute Gasteiger partial charge is 0.275 e. The lowest BCUT2D eigenvalue weighted by molar-refractivity contribution is -0.119. The first-order chi connectivity index (χ1) is 14.5. The number of anilines is 3. The van der Waals surface area contributed by atoms with Crippen molar-refractivity contribution in [2.75, 3.05) is 75.1 Å². The van der Waals surface area contributed by atoms with Crippen molar-refractivity contribution in [3.05, 3.63) is 35.3 Å². The van der Waals surface area contributed by atoms with Crippen LogP contribution in [-0.2, 0) is 9.53 Å². The Morgan fingerprint density at radius 2 is 2.00 bits per heavy atom. The highest BCUT2D eigenvalue weighted by Gasteiger charge is 2.21. The number of para-hydroxylation sites is 2. The van der Waals surface area contributed by atoms with Gasteiger partial charge in [0.15, 0.2) is 5.13 Å². The summed E-state index contributed by atoms with van der Waals surface area (Å²) in [6.45, 7) is 4.57. The summed E-state index contributed by atoms with van der Waals surface area (Å²) in [5, 5.41) is 5.53. The maximum atomic E-state index is 12.8. The molecule has 10 heteroatoms. The van der Waals surface area contributed by atoms with Crippen LogP contribution in [0.1, 0.15) is 10.5 Å². The zero-order chi connectivity index (χ0) is 21.5. The second-order valence-corrected chi connectivity index (χ2v) is 7.97. The SMILES string of the molecule is COCCN(C)c1nc(C(=O)Nc2ccccc2N2CCN(CC(N)=O)CC2)cs1. The first-order valence-electron chi connectivity index (χ1n) is 9.79. The number of amides is 2. The lowest BCUT2D eigenvalue weighted by Crippen LogP contribution is -2.49. The van der Waals surface area contributed by atoms with Crippen molar-refractivity contribution < 1.29 is 14.3 Å². The molecule has 162 valence electrons. The number of carbonyl (C=O) groups excluding carboxylic acids is 2. The van der Waals surface area contributed by atoms with Gasteiger partial charge in [0.05, 0.1) is 24.5 Å². The van der Waals surface area contributed by atoms with Gasteiger partial charge in [-0.3, -0.25) is 14.5 Å². The molecule has 0 radical (unpaired) electrons. The average molecular weight is 433 g/mol. The molecule has 0 bridgehead atoms. The normalized spacial score (nSPS) is 14.5. The molecule has 1 aromatic heterocycles. The van der Waals surface area contributed by atoms with Crippen LogP contribution in [0.25, 0.3) is 0 Å². The molecular formula is C20H28N6O3S. The van der Waals surface area contributed by atoms with Gasteiger partial charge in [-0.05, 0) is 12.1 Å². The van der Waals surface area contributed by atoms with E-state index in [-0.39, 0.29) is 18.4 Å². The van der Waals surface area contributed by atoms with E-state index in [2.05, 4.69) is 15.2 Å². The maximum absolute atomic E-state index is 12.8. The van der Waals surface area contributed by atoms with Crippen LogP contribution >= 0.6 is 11.3 Å². The summed E-state index contributed by atoms with van der Waals surface area (Å²) in [6.07, 6.45) is 0. The van der Waals surface area contributed by atoms with E-state index in [9.17, 15) is 9.59 Å². The number of primary amides is 1. The van der Waals surface area contributed by atoms with E-state index in [1.54, 1.807) is 12.5 Å². The summed E-state index contributed by atoms with van der Waals surface area (Å²) in [5.74, 6) is -0.552. The summed E-state index contributed by atoms with van der Waals surface area (Å²) in [7, 11) is 3.58. The number of rotatable bonds is 9. The topological polar surface area (TPSA) is 104 Å². The Hall–Kier alpha value is -2.69. The number of aromatic nitrogens is 1. The number of thiazole rings is 1. The average Bonchev–Trinajstić information content (AvgIpc) is 3.23. The Balaban J connectivity index is 1.65. The Labute approximate surface area is 180 Å². The molecule has 0 aliphatic carbocycles. The molecule has 1 aliphatic heterocycles. The van der Waals surface area contributed by atoms with Crippen molar-refractivity contribution in [2.45, 2.75) is 0 Å². The van der Waals surface area contributed by atoms with Crippen LogP contribution in [0.15, 0.2) is 29.6 Å². The number of piperazine rings is 1. The molecule has 9 nitrogen and oxygen atoms in total. The number of likely N-dealkylation sites (N-methyl/N-ethyl adjacent to an activating group) is 1. The van der Waals surface area contributed by atoms with E-state index >= 15 is 0 Å². The highest BCUT2D eigenvalue weighted by Crippen LogP contribution is 2.28. The van der Waals surface area contributed by atoms with Crippen molar-refractivity contribution in [2.24, 2.45) is 5.73 Å². The molecule has 0 atom stereocenters. The summed E-state index contributed by atoms with van der Waals surface area (Å²) >= 11 is 1.43. The maximum Gasteiger partial charge on any atom is 0.275 e. The molecule has 2 aromatic rings. The molecule has 3 rings (SSSR count). The van der Waals surface area contributed by atoms with Crippen molar-refractivity contribution in [1.82, 2.24) is 9.88 Å². The first kappa shape index (κ1) is 22.0. The molecule has 0 spiro atoms. The predicted molar refractivity (Wildman–Crippen MR) is 120 cm³/mol. The van der Waals surface area contributed by atoms with Crippen LogP contribution in [0.2, 0.25) is 0 Å². The van der Waals surface area contributed by atoms with Crippen LogP contribution in [-0.4, -0.2) is 81.7 Å². The largest absolute Gasteiger partial charge is 0.383 e. The van der Waals surface area contributed by atoms with Crippen LogP contribution < -0.4 is 20.9 Å². The van der Waals surface area contributed by atoms with Gasteiger partial charge >= 0.3 is 0 Å². The third kappa shape index (κ3) is 5.68. The number of nitrogens with two attached hydrogens (primary N) is 1. The summed E-state index contributed by atoms with van der Waals surface area (Å²) in [4.78, 5) is 34.6. The minimum absolute atomic E-state index is 0.238. The summed E-state index contributed by atoms with van der Waals surface area (Å²) in [6, 6.07) is 7.73. The highest BCUT2D eigenvalue weighted by molar-refractivity contribution is 7.13. The van der Waals surface area contributed by atoms with Gasteiger partial charge in [0.2, 0.25) is 5.91 Å². The summed E-state index contributed by atoms with van der Waals surface area (Å²) in [5.41, 5.74) is 7.38. The molecule has 1 saturated heterocycles. The molecule has 2 amide bonds. The van der Waals surface area contributed by atoms with Gasteiger partial charge in [-0.15, -0.1) is 11.3 Å². The molecular weight excluding hydrogens is 404 g/mol. The van der Waals surface area contributed by atoms with Gasteiger partial charge in [0.1, 0.15) is 5.69 Å². The Bertz CT molecular complexity index is 866. The number of nitrogens with one attached hydrogen (secondary N) is 1.